The van der Waals surface area contributed by atoms with E-state index in [1.54, 1.807) is 6.08 Å². The molecule has 0 spiro atoms. The maximum atomic E-state index is 13.0. The molecule has 7 unspecified atom stereocenters. The van der Waals surface area contributed by atoms with Crippen LogP contribution in [0.4, 0.5) is 0 Å². The number of aliphatic hydroxyl groups excluding tert-OH is 5. The fourth-order valence-electron chi connectivity index (χ4n) is 9.20. The van der Waals surface area contributed by atoms with E-state index in [-0.39, 0.29) is 18.5 Å². The van der Waals surface area contributed by atoms with Gasteiger partial charge in [0.05, 0.1) is 32.0 Å². The van der Waals surface area contributed by atoms with Crippen LogP contribution in [0.1, 0.15) is 264 Å². The Kier molecular flexibility index (Phi) is 49.1. The molecule has 1 aliphatic rings. The van der Waals surface area contributed by atoms with Crippen molar-refractivity contribution in [2.75, 3.05) is 19.8 Å². The van der Waals surface area contributed by atoms with Crippen LogP contribution in [0.3, 0.4) is 0 Å². The third-order valence-electron chi connectivity index (χ3n) is 14.1. The van der Waals surface area contributed by atoms with E-state index in [0.717, 1.165) is 89.9 Å². The molecule has 1 aliphatic heterocycles. The number of aliphatic hydroxyl groups is 5. The van der Waals surface area contributed by atoms with Crippen molar-refractivity contribution in [1.29, 1.82) is 0 Å². The van der Waals surface area contributed by atoms with E-state index in [1.807, 2.05) is 6.08 Å². The highest BCUT2D eigenvalue weighted by molar-refractivity contribution is 5.76. The summed E-state index contributed by atoms with van der Waals surface area (Å²) in [6.07, 6.45) is 57.3. The summed E-state index contributed by atoms with van der Waals surface area (Å²) in [7, 11) is 0. The van der Waals surface area contributed by atoms with Crippen molar-refractivity contribution in [3.05, 3.63) is 60.8 Å². The first-order valence-electron chi connectivity index (χ1n) is 30.6. The molecule has 1 saturated heterocycles. The van der Waals surface area contributed by atoms with Gasteiger partial charge < -0.3 is 45.1 Å². The highest BCUT2D eigenvalue weighted by Crippen LogP contribution is 2.23. The Morgan fingerprint density at radius 3 is 1.45 bits per heavy atom. The lowest BCUT2D eigenvalue weighted by Gasteiger charge is -2.40. The molecular formula is C63H113NO10. The summed E-state index contributed by atoms with van der Waals surface area (Å²) in [5.41, 5.74) is 0. The van der Waals surface area contributed by atoms with E-state index in [1.165, 1.54) is 148 Å². The SMILES string of the molecule is CCCCC/C=C\CCCCCCCC(=O)OCCCCC/C=C\C=C/CCCCCCCCCCCCC(=O)NC(COC1OC(CO)C(O)C(O)C1O)C(O)/C=C/CC/C=C/CCCCCCCCCCC. The number of carbonyl (C=O) groups excluding carboxylic acids is 2. The molecule has 1 rings (SSSR count). The number of hydrogen-bond acceptors (Lipinski definition) is 10. The van der Waals surface area contributed by atoms with E-state index in [2.05, 4.69) is 67.8 Å². The van der Waals surface area contributed by atoms with Crippen LogP contribution < -0.4 is 5.32 Å². The quantitative estimate of drug-likeness (QED) is 0.0149. The highest BCUT2D eigenvalue weighted by Gasteiger charge is 2.44. The van der Waals surface area contributed by atoms with Crippen LogP contribution in [-0.2, 0) is 23.8 Å². The van der Waals surface area contributed by atoms with Gasteiger partial charge in [-0.3, -0.25) is 9.59 Å². The van der Waals surface area contributed by atoms with Crippen LogP contribution in [0.2, 0.25) is 0 Å². The zero-order chi connectivity index (χ0) is 53.8. The smallest absolute Gasteiger partial charge is 0.305 e. The number of nitrogens with one attached hydrogen (secondary N) is 1. The van der Waals surface area contributed by atoms with Gasteiger partial charge in [-0.1, -0.05) is 209 Å². The van der Waals surface area contributed by atoms with Crippen molar-refractivity contribution < 1.29 is 49.3 Å². The number of amides is 1. The monoisotopic (exact) mass is 1040 g/mol. The lowest BCUT2D eigenvalue weighted by molar-refractivity contribution is -0.302. The van der Waals surface area contributed by atoms with Crippen molar-refractivity contribution >= 4 is 11.9 Å². The average molecular weight is 1040 g/mol. The number of allylic oxidation sites excluding steroid dienone is 9. The molecule has 74 heavy (non-hydrogen) atoms. The second-order valence-electron chi connectivity index (χ2n) is 21.1. The number of ether oxygens (including phenoxy) is 3. The molecule has 0 aromatic heterocycles. The van der Waals surface area contributed by atoms with Crippen LogP contribution in [0.15, 0.2) is 60.8 Å². The summed E-state index contributed by atoms with van der Waals surface area (Å²) < 4.78 is 16.7. The number of rotatable bonds is 52. The van der Waals surface area contributed by atoms with Gasteiger partial charge in [-0.05, 0) is 103 Å². The molecule has 0 radical (unpaired) electrons. The van der Waals surface area contributed by atoms with Crippen LogP contribution in [0, 0.1) is 0 Å². The fraction of sp³-hybridized carbons (Fsp3) is 0.810. The minimum absolute atomic E-state index is 0.0395. The van der Waals surface area contributed by atoms with Crippen LogP contribution in [0.25, 0.3) is 0 Å². The number of unbranched alkanes of at least 4 members (excludes halogenated alkanes) is 31. The third-order valence-corrected chi connectivity index (χ3v) is 14.1. The topological polar surface area (TPSA) is 175 Å². The fourth-order valence-corrected chi connectivity index (χ4v) is 9.20. The Labute approximate surface area is 452 Å². The highest BCUT2D eigenvalue weighted by atomic mass is 16.7. The van der Waals surface area contributed by atoms with Crippen LogP contribution in [-0.4, -0.2) is 100 Å². The maximum absolute atomic E-state index is 13.0. The number of carbonyl (C=O) groups is 2. The van der Waals surface area contributed by atoms with Gasteiger partial charge in [0.2, 0.25) is 5.91 Å². The largest absolute Gasteiger partial charge is 0.466 e. The lowest BCUT2D eigenvalue weighted by atomic mass is 9.99. The van der Waals surface area contributed by atoms with Gasteiger partial charge in [0.1, 0.15) is 24.4 Å². The Morgan fingerprint density at radius 2 is 0.919 bits per heavy atom. The molecule has 0 bridgehead atoms. The molecule has 0 saturated carbocycles. The van der Waals surface area contributed by atoms with Gasteiger partial charge >= 0.3 is 5.97 Å². The van der Waals surface area contributed by atoms with Crippen molar-refractivity contribution in [1.82, 2.24) is 5.32 Å². The second kappa shape index (κ2) is 52.4. The standard InChI is InChI=1S/C63H113NO10/c1-3-5-7-9-11-13-15-17-23-26-29-33-37-41-45-49-56(66)55(54-73-63-62(71)61(70)60(69)57(53-65)74-63)64-58(67)50-46-42-38-34-30-27-24-21-19-18-20-22-25-28-32-36-40-44-48-52-72-59(68)51-47-43-39-35-31-16-14-12-10-8-6-4-2/h12,14,22,25,28-29,32-33,45,49,55-57,60-63,65-66,69-71H,3-11,13,15-21,23-24,26-27,30-31,34-44,46-48,50-54H2,1-2H3,(H,64,67)/b14-12-,25-22-,32-28-,33-29+,49-45+. The first-order valence-corrected chi connectivity index (χ1v) is 30.6. The summed E-state index contributed by atoms with van der Waals surface area (Å²) in [6.45, 7) is 4.25. The molecule has 1 fully saturated rings. The Balaban J connectivity index is 2.15. The summed E-state index contributed by atoms with van der Waals surface area (Å²) in [4.78, 5) is 25.1. The predicted octanol–water partition coefficient (Wildman–Crippen LogP) is 14.2. The normalized spacial score (nSPS) is 19.3. The molecule has 0 aliphatic carbocycles. The van der Waals surface area contributed by atoms with Gasteiger partial charge in [-0.2, -0.15) is 0 Å². The molecule has 1 amide bonds. The van der Waals surface area contributed by atoms with Gasteiger partial charge in [-0.15, -0.1) is 0 Å². The number of esters is 1. The van der Waals surface area contributed by atoms with E-state index in [0.29, 0.717) is 19.4 Å². The molecule has 6 N–H and O–H groups in total. The average Bonchev–Trinajstić information content (AvgIpc) is 3.40. The van der Waals surface area contributed by atoms with Crippen molar-refractivity contribution in [3.63, 3.8) is 0 Å². The van der Waals surface area contributed by atoms with Crippen molar-refractivity contribution in [3.8, 4) is 0 Å². The lowest BCUT2D eigenvalue weighted by Crippen LogP contribution is -2.60. The summed E-state index contributed by atoms with van der Waals surface area (Å²) in [5, 5.41) is 54.4. The van der Waals surface area contributed by atoms with Crippen molar-refractivity contribution in [2.24, 2.45) is 0 Å². The number of hydrogen-bond donors (Lipinski definition) is 6. The molecule has 11 nitrogen and oxygen atoms in total. The second-order valence-corrected chi connectivity index (χ2v) is 21.1. The first-order chi connectivity index (χ1) is 36.2. The summed E-state index contributed by atoms with van der Waals surface area (Å²) in [5.74, 6) is -0.242. The third kappa shape index (κ3) is 41.5. The van der Waals surface area contributed by atoms with Gasteiger partial charge in [0, 0.05) is 12.8 Å². The molecule has 1 heterocycles. The predicted molar refractivity (Wildman–Crippen MR) is 306 cm³/mol. The zero-order valence-electron chi connectivity index (χ0n) is 47.3. The first kappa shape index (κ1) is 69.4. The van der Waals surface area contributed by atoms with Gasteiger partial charge in [0.25, 0.3) is 0 Å². The molecular weight excluding hydrogens is 931 g/mol. The Morgan fingerprint density at radius 1 is 0.500 bits per heavy atom. The van der Waals surface area contributed by atoms with E-state index < -0.39 is 49.5 Å². The van der Waals surface area contributed by atoms with E-state index in [9.17, 15) is 35.1 Å². The zero-order valence-corrected chi connectivity index (χ0v) is 47.3. The molecule has 430 valence electrons. The van der Waals surface area contributed by atoms with Gasteiger partial charge in [-0.25, -0.2) is 0 Å². The summed E-state index contributed by atoms with van der Waals surface area (Å²) >= 11 is 0. The maximum Gasteiger partial charge on any atom is 0.305 e. The molecule has 7 atom stereocenters. The van der Waals surface area contributed by atoms with Crippen molar-refractivity contribution in [2.45, 2.75) is 307 Å². The molecule has 11 heteroatoms. The van der Waals surface area contributed by atoms with Crippen LogP contribution in [0.5, 0.6) is 0 Å². The Hall–Kier alpha value is -2.64. The van der Waals surface area contributed by atoms with E-state index in [4.69, 9.17) is 14.2 Å². The minimum atomic E-state index is -1.58. The molecule has 0 aromatic rings. The van der Waals surface area contributed by atoms with Crippen LogP contribution >= 0.6 is 0 Å². The molecule has 0 aromatic carbocycles. The van der Waals surface area contributed by atoms with E-state index >= 15 is 0 Å². The summed E-state index contributed by atoms with van der Waals surface area (Å²) in [6, 6.07) is -0.837. The Bertz CT molecular complexity index is 1410. The van der Waals surface area contributed by atoms with Gasteiger partial charge in [0.15, 0.2) is 6.29 Å². The minimum Gasteiger partial charge on any atom is -0.466 e.